The molecule has 0 heteroatoms. The highest BCUT2D eigenvalue weighted by molar-refractivity contribution is 6.32. The molecule has 0 aliphatic rings. The predicted molar refractivity (Wildman–Crippen MR) is 182 cm³/mol. The van der Waals surface area contributed by atoms with Crippen molar-refractivity contribution >= 4 is 64.6 Å². The van der Waals surface area contributed by atoms with E-state index in [1.54, 1.807) is 0 Å². The average Bonchev–Trinajstić information content (AvgIpc) is 3.06. The summed E-state index contributed by atoms with van der Waals surface area (Å²) < 4.78 is 0. The standard InChI is InChI=1S/C42H26/c1-3-11-29-23-33(19-17-27(29)9-1)39-25-31-13-5-7-15-35(31)41-37(39)21-22-38-40(26-32-14-6-8-16-36(32)42(38)41)34-20-18-28-10-2-4-12-30(28)24-34/h1-26H. The van der Waals surface area contributed by atoms with E-state index >= 15 is 0 Å². The second kappa shape index (κ2) is 9.03. The maximum absolute atomic E-state index is 2.38. The molecule has 0 aliphatic heterocycles. The summed E-state index contributed by atoms with van der Waals surface area (Å²) >= 11 is 0. The minimum absolute atomic E-state index is 1.25. The quantitative estimate of drug-likeness (QED) is 0.195. The van der Waals surface area contributed by atoms with Gasteiger partial charge in [-0.15, -0.1) is 0 Å². The fourth-order valence-electron chi connectivity index (χ4n) is 6.97. The molecule has 0 heterocycles. The van der Waals surface area contributed by atoms with Crippen molar-refractivity contribution in [3.8, 4) is 22.3 Å². The minimum atomic E-state index is 1.25. The van der Waals surface area contributed by atoms with Gasteiger partial charge in [0.05, 0.1) is 0 Å². The second-order valence-corrected chi connectivity index (χ2v) is 11.3. The van der Waals surface area contributed by atoms with E-state index in [1.165, 1.54) is 86.9 Å². The Morgan fingerprint density at radius 3 is 1.07 bits per heavy atom. The van der Waals surface area contributed by atoms with E-state index in [0.29, 0.717) is 0 Å². The lowest BCUT2D eigenvalue weighted by Crippen LogP contribution is -1.90. The van der Waals surface area contributed by atoms with Gasteiger partial charge in [-0.3, -0.25) is 0 Å². The van der Waals surface area contributed by atoms with Crippen molar-refractivity contribution in [2.45, 2.75) is 0 Å². The Hall–Kier alpha value is -5.46. The zero-order valence-electron chi connectivity index (χ0n) is 23.0. The van der Waals surface area contributed by atoms with E-state index in [0.717, 1.165) is 0 Å². The molecule has 0 saturated carbocycles. The first-order valence-corrected chi connectivity index (χ1v) is 14.6. The number of hydrogen-bond donors (Lipinski definition) is 0. The predicted octanol–water partition coefficient (Wildman–Crippen LogP) is 11.9. The van der Waals surface area contributed by atoms with Crippen molar-refractivity contribution in [2.24, 2.45) is 0 Å². The smallest absolute Gasteiger partial charge is 0.00141 e. The normalized spacial score (nSPS) is 11.8. The highest BCUT2D eigenvalue weighted by atomic mass is 14.2. The fourth-order valence-corrected chi connectivity index (χ4v) is 6.97. The van der Waals surface area contributed by atoms with Crippen LogP contribution in [0.1, 0.15) is 0 Å². The molecule has 0 bridgehead atoms. The Morgan fingerprint density at radius 2 is 0.619 bits per heavy atom. The van der Waals surface area contributed by atoms with Gasteiger partial charge in [0.15, 0.2) is 0 Å². The van der Waals surface area contributed by atoms with Gasteiger partial charge in [0, 0.05) is 0 Å². The van der Waals surface area contributed by atoms with Crippen LogP contribution in [0.3, 0.4) is 0 Å². The fraction of sp³-hybridized carbons (Fsp3) is 0. The molecule has 0 atom stereocenters. The van der Waals surface area contributed by atoms with E-state index in [1.807, 2.05) is 0 Å². The Kier molecular flexibility index (Phi) is 5.00. The topological polar surface area (TPSA) is 0 Å². The Balaban J connectivity index is 1.45. The average molecular weight is 531 g/mol. The molecular formula is C42H26. The summed E-state index contributed by atoms with van der Waals surface area (Å²) in [6.45, 7) is 0. The van der Waals surface area contributed by atoms with E-state index in [4.69, 9.17) is 0 Å². The first kappa shape index (κ1) is 23.3. The van der Waals surface area contributed by atoms with E-state index in [2.05, 4.69) is 158 Å². The summed E-state index contributed by atoms with van der Waals surface area (Å²) in [5.74, 6) is 0. The zero-order valence-corrected chi connectivity index (χ0v) is 23.0. The van der Waals surface area contributed by atoms with Gasteiger partial charge in [-0.1, -0.05) is 133 Å². The second-order valence-electron chi connectivity index (χ2n) is 11.3. The van der Waals surface area contributed by atoms with Crippen LogP contribution in [0.25, 0.3) is 86.9 Å². The van der Waals surface area contributed by atoms with Gasteiger partial charge in [0.25, 0.3) is 0 Å². The molecule has 0 aromatic heterocycles. The van der Waals surface area contributed by atoms with Crippen LogP contribution in [0.15, 0.2) is 158 Å². The van der Waals surface area contributed by atoms with Gasteiger partial charge in [0.1, 0.15) is 0 Å². The maximum atomic E-state index is 2.38. The van der Waals surface area contributed by atoms with Crippen LogP contribution in [0.2, 0.25) is 0 Å². The third kappa shape index (κ3) is 3.49. The van der Waals surface area contributed by atoms with Crippen LogP contribution in [0, 0.1) is 0 Å². The summed E-state index contributed by atoms with van der Waals surface area (Å²) in [5.41, 5.74) is 5.05. The van der Waals surface area contributed by atoms with Crippen molar-refractivity contribution in [3.05, 3.63) is 158 Å². The number of hydrogen-bond acceptors (Lipinski definition) is 0. The van der Waals surface area contributed by atoms with Gasteiger partial charge in [-0.2, -0.15) is 0 Å². The van der Waals surface area contributed by atoms with Crippen molar-refractivity contribution in [3.63, 3.8) is 0 Å². The molecule has 9 aromatic carbocycles. The van der Waals surface area contributed by atoms with Crippen LogP contribution in [0.4, 0.5) is 0 Å². The summed E-state index contributed by atoms with van der Waals surface area (Å²) in [7, 11) is 0. The van der Waals surface area contributed by atoms with Crippen molar-refractivity contribution < 1.29 is 0 Å². The third-order valence-corrected chi connectivity index (χ3v) is 8.97. The molecule has 0 saturated heterocycles. The SMILES string of the molecule is c1ccc2cc(-c3cc4ccccc4c4c3ccc3c(-c5ccc6ccccc6c5)cc5ccccc5c34)ccc2c1. The van der Waals surface area contributed by atoms with Crippen molar-refractivity contribution in [1.29, 1.82) is 0 Å². The first-order valence-electron chi connectivity index (χ1n) is 14.6. The molecule has 0 spiro atoms. The highest BCUT2D eigenvalue weighted by Crippen LogP contribution is 2.44. The van der Waals surface area contributed by atoms with Crippen LogP contribution < -0.4 is 0 Å². The number of benzene rings is 9. The van der Waals surface area contributed by atoms with Gasteiger partial charge < -0.3 is 0 Å². The largest absolute Gasteiger partial charge is 0.0616 e. The molecule has 9 rings (SSSR count). The molecule has 9 aromatic rings. The highest BCUT2D eigenvalue weighted by Gasteiger charge is 2.17. The van der Waals surface area contributed by atoms with Crippen LogP contribution in [0.5, 0.6) is 0 Å². The Labute approximate surface area is 244 Å². The molecular weight excluding hydrogens is 504 g/mol. The van der Waals surface area contributed by atoms with Crippen LogP contribution in [-0.2, 0) is 0 Å². The Bertz CT molecular complexity index is 2340. The molecule has 0 unspecified atom stereocenters. The number of fused-ring (bicyclic) bond motifs is 9. The van der Waals surface area contributed by atoms with E-state index in [-0.39, 0.29) is 0 Å². The molecule has 194 valence electrons. The van der Waals surface area contributed by atoms with E-state index < -0.39 is 0 Å². The van der Waals surface area contributed by atoms with Gasteiger partial charge >= 0.3 is 0 Å². The summed E-state index contributed by atoms with van der Waals surface area (Å²) in [5, 5.41) is 15.4. The first-order chi connectivity index (χ1) is 20.8. The van der Waals surface area contributed by atoms with Gasteiger partial charge in [-0.25, -0.2) is 0 Å². The monoisotopic (exact) mass is 530 g/mol. The molecule has 0 N–H and O–H groups in total. The molecule has 0 fully saturated rings. The van der Waals surface area contributed by atoms with Crippen LogP contribution in [-0.4, -0.2) is 0 Å². The molecule has 42 heavy (non-hydrogen) atoms. The van der Waals surface area contributed by atoms with Gasteiger partial charge in [-0.05, 0) is 111 Å². The van der Waals surface area contributed by atoms with Crippen molar-refractivity contribution in [2.75, 3.05) is 0 Å². The number of rotatable bonds is 2. The van der Waals surface area contributed by atoms with Gasteiger partial charge in [0.2, 0.25) is 0 Å². The van der Waals surface area contributed by atoms with E-state index in [9.17, 15) is 0 Å². The Morgan fingerprint density at radius 1 is 0.238 bits per heavy atom. The molecule has 0 aliphatic carbocycles. The molecule has 0 nitrogen and oxygen atoms in total. The maximum Gasteiger partial charge on any atom is -0.00141 e. The summed E-state index contributed by atoms with van der Waals surface area (Å²) in [6, 6.07) is 58.2. The lowest BCUT2D eigenvalue weighted by molar-refractivity contribution is 1.69. The lowest BCUT2D eigenvalue weighted by Gasteiger charge is -2.18. The summed E-state index contributed by atoms with van der Waals surface area (Å²) in [4.78, 5) is 0. The van der Waals surface area contributed by atoms with Crippen LogP contribution >= 0.6 is 0 Å². The lowest BCUT2D eigenvalue weighted by atomic mass is 9.85. The third-order valence-electron chi connectivity index (χ3n) is 8.97. The van der Waals surface area contributed by atoms with Crippen molar-refractivity contribution in [1.82, 2.24) is 0 Å². The molecule has 0 amide bonds. The zero-order chi connectivity index (χ0) is 27.6. The molecule has 0 radical (unpaired) electrons. The summed E-state index contributed by atoms with van der Waals surface area (Å²) in [6.07, 6.45) is 0. The minimum Gasteiger partial charge on any atom is -0.0616 e.